The molecule has 140 valence electrons. The first-order chi connectivity index (χ1) is 12.6. The Balaban J connectivity index is 2.06. The molecule has 1 saturated heterocycles. The molecular formula is C24H33NO. The van der Waals surface area contributed by atoms with Gasteiger partial charge in [-0.1, -0.05) is 94.3 Å². The first-order valence-electron chi connectivity index (χ1n) is 10.2. The Labute approximate surface area is 158 Å². The summed E-state index contributed by atoms with van der Waals surface area (Å²) < 4.78 is 0. The molecule has 0 spiro atoms. The molecule has 2 N–H and O–H groups in total. The van der Waals surface area contributed by atoms with E-state index in [9.17, 15) is 5.11 Å². The van der Waals surface area contributed by atoms with Gasteiger partial charge in [-0.15, -0.1) is 0 Å². The van der Waals surface area contributed by atoms with Gasteiger partial charge in [0, 0.05) is 23.9 Å². The molecule has 0 radical (unpaired) electrons. The van der Waals surface area contributed by atoms with E-state index in [1.165, 1.54) is 11.1 Å². The third-order valence-corrected chi connectivity index (χ3v) is 6.26. The van der Waals surface area contributed by atoms with Gasteiger partial charge >= 0.3 is 0 Å². The second-order valence-corrected chi connectivity index (χ2v) is 7.87. The second kappa shape index (κ2) is 8.37. The molecule has 1 fully saturated rings. The molecule has 1 aliphatic rings. The Kier molecular flexibility index (Phi) is 6.16. The topological polar surface area (TPSA) is 32.3 Å². The fraction of sp³-hybridized carbons (Fsp3) is 0.500. The van der Waals surface area contributed by atoms with Crippen molar-refractivity contribution in [2.45, 2.75) is 64.1 Å². The fourth-order valence-corrected chi connectivity index (χ4v) is 4.94. The van der Waals surface area contributed by atoms with Gasteiger partial charge in [0.05, 0.1) is 5.60 Å². The highest BCUT2D eigenvalue weighted by Gasteiger charge is 2.51. The van der Waals surface area contributed by atoms with Crippen LogP contribution in [0.3, 0.4) is 0 Å². The minimum Gasteiger partial charge on any atom is -0.389 e. The standard InChI is InChI=1S/C24H33NO/c1-4-12-21-23(20-15-10-7-11-16-20)25-22(19-13-8-6-9-14-19)18(3)24(21,26)17-5-2/h6-11,13-16,18,21-23,25-26H,4-5,12,17H2,1-3H3. The van der Waals surface area contributed by atoms with Crippen LogP contribution in [0, 0.1) is 11.8 Å². The molecule has 0 saturated carbocycles. The summed E-state index contributed by atoms with van der Waals surface area (Å²) in [4.78, 5) is 0. The van der Waals surface area contributed by atoms with Crippen LogP contribution >= 0.6 is 0 Å². The number of hydrogen-bond donors (Lipinski definition) is 2. The molecule has 1 heterocycles. The van der Waals surface area contributed by atoms with Crippen molar-refractivity contribution >= 4 is 0 Å². The molecule has 5 atom stereocenters. The van der Waals surface area contributed by atoms with E-state index >= 15 is 0 Å². The summed E-state index contributed by atoms with van der Waals surface area (Å²) in [6.07, 6.45) is 3.98. The van der Waals surface area contributed by atoms with Crippen molar-refractivity contribution in [2.75, 3.05) is 0 Å². The lowest BCUT2D eigenvalue weighted by Gasteiger charge is -2.53. The van der Waals surface area contributed by atoms with Crippen molar-refractivity contribution in [1.29, 1.82) is 0 Å². The van der Waals surface area contributed by atoms with E-state index < -0.39 is 5.60 Å². The summed E-state index contributed by atoms with van der Waals surface area (Å²) in [6.45, 7) is 6.64. The van der Waals surface area contributed by atoms with Gasteiger partial charge in [-0.2, -0.15) is 0 Å². The van der Waals surface area contributed by atoms with Crippen LogP contribution in [0.5, 0.6) is 0 Å². The highest BCUT2D eigenvalue weighted by Crippen LogP contribution is 2.50. The zero-order valence-electron chi connectivity index (χ0n) is 16.4. The zero-order chi connectivity index (χ0) is 18.6. The van der Waals surface area contributed by atoms with Crippen LogP contribution < -0.4 is 5.32 Å². The lowest BCUT2D eigenvalue weighted by Crippen LogP contribution is -2.58. The molecule has 3 rings (SSSR count). The van der Waals surface area contributed by atoms with Crippen LogP contribution in [-0.4, -0.2) is 10.7 Å². The van der Waals surface area contributed by atoms with E-state index in [1.54, 1.807) is 0 Å². The molecule has 0 bridgehead atoms. The number of aliphatic hydroxyl groups is 1. The molecule has 1 aliphatic heterocycles. The van der Waals surface area contributed by atoms with Gasteiger partial charge in [-0.25, -0.2) is 0 Å². The van der Waals surface area contributed by atoms with Crippen molar-refractivity contribution in [3.63, 3.8) is 0 Å². The molecule has 2 nitrogen and oxygen atoms in total. The molecule has 0 amide bonds. The number of nitrogens with one attached hydrogen (secondary N) is 1. The van der Waals surface area contributed by atoms with Crippen molar-refractivity contribution in [1.82, 2.24) is 5.32 Å². The molecule has 2 aromatic carbocycles. The maximum Gasteiger partial charge on any atom is 0.0737 e. The Bertz CT molecular complexity index is 671. The van der Waals surface area contributed by atoms with E-state index in [0.717, 1.165) is 25.7 Å². The maximum atomic E-state index is 12.0. The van der Waals surface area contributed by atoms with E-state index in [2.05, 4.69) is 86.8 Å². The molecule has 26 heavy (non-hydrogen) atoms. The summed E-state index contributed by atoms with van der Waals surface area (Å²) in [5.74, 6) is 0.395. The van der Waals surface area contributed by atoms with E-state index in [4.69, 9.17) is 0 Å². The van der Waals surface area contributed by atoms with Gasteiger partial charge in [0.25, 0.3) is 0 Å². The van der Waals surface area contributed by atoms with E-state index in [0.29, 0.717) is 0 Å². The Morgan fingerprint density at radius 1 is 0.846 bits per heavy atom. The van der Waals surface area contributed by atoms with Crippen LogP contribution in [0.1, 0.15) is 69.7 Å². The first-order valence-corrected chi connectivity index (χ1v) is 10.2. The van der Waals surface area contributed by atoms with Crippen LogP contribution in [0.15, 0.2) is 60.7 Å². The van der Waals surface area contributed by atoms with E-state index in [-0.39, 0.29) is 23.9 Å². The first kappa shape index (κ1) is 19.1. The van der Waals surface area contributed by atoms with Gasteiger partial charge in [-0.05, 0) is 24.0 Å². The molecule has 5 unspecified atom stereocenters. The zero-order valence-corrected chi connectivity index (χ0v) is 16.4. The quantitative estimate of drug-likeness (QED) is 0.704. The summed E-state index contributed by atoms with van der Waals surface area (Å²) in [6, 6.07) is 21.6. The largest absolute Gasteiger partial charge is 0.389 e. The minimum atomic E-state index is -0.656. The summed E-state index contributed by atoms with van der Waals surface area (Å²) in [7, 11) is 0. The average molecular weight is 352 g/mol. The predicted octanol–water partition coefficient (Wildman–Crippen LogP) is 5.66. The Hall–Kier alpha value is -1.64. The molecular weight excluding hydrogens is 318 g/mol. The third-order valence-electron chi connectivity index (χ3n) is 6.26. The maximum absolute atomic E-state index is 12.0. The summed E-state index contributed by atoms with van der Waals surface area (Å²) in [5, 5.41) is 15.9. The Morgan fingerprint density at radius 3 is 1.88 bits per heavy atom. The predicted molar refractivity (Wildman–Crippen MR) is 109 cm³/mol. The SMILES string of the molecule is CCCC1C(c2ccccc2)NC(c2ccccc2)C(C)C1(O)CCC. The number of hydrogen-bond acceptors (Lipinski definition) is 2. The van der Waals surface area contributed by atoms with Crippen molar-refractivity contribution in [2.24, 2.45) is 11.8 Å². The smallest absolute Gasteiger partial charge is 0.0737 e. The minimum absolute atomic E-state index is 0.158. The normalized spacial score (nSPS) is 31.7. The van der Waals surface area contributed by atoms with Gasteiger partial charge in [0.15, 0.2) is 0 Å². The van der Waals surface area contributed by atoms with Crippen LogP contribution in [0.4, 0.5) is 0 Å². The second-order valence-electron chi connectivity index (χ2n) is 7.87. The van der Waals surface area contributed by atoms with Gasteiger partial charge in [0.2, 0.25) is 0 Å². The molecule has 0 aliphatic carbocycles. The van der Waals surface area contributed by atoms with Crippen molar-refractivity contribution < 1.29 is 5.11 Å². The average Bonchev–Trinajstić information content (AvgIpc) is 2.68. The van der Waals surface area contributed by atoms with E-state index in [1.807, 2.05) is 0 Å². The Morgan fingerprint density at radius 2 is 1.38 bits per heavy atom. The third kappa shape index (κ3) is 3.58. The lowest BCUT2D eigenvalue weighted by molar-refractivity contribution is -0.125. The number of piperidine rings is 1. The van der Waals surface area contributed by atoms with Gasteiger partial charge < -0.3 is 10.4 Å². The van der Waals surface area contributed by atoms with Gasteiger partial charge in [-0.3, -0.25) is 0 Å². The van der Waals surface area contributed by atoms with Crippen LogP contribution in [0.25, 0.3) is 0 Å². The molecule has 2 heteroatoms. The molecule has 0 aromatic heterocycles. The monoisotopic (exact) mass is 351 g/mol. The van der Waals surface area contributed by atoms with Crippen LogP contribution in [0.2, 0.25) is 0 Å². The summed E-state index contributed by atoms with van der Waals surface area (Å²) >= 11 is 0. The number of rotatable bonds is 6. The van der Waals surface area contributed by atoms with Crippen molar-refractivity contribution in [3.05, 3.63) is 71.8 Å². The number of benzene rings is 2. The summed E-state index contributed by atoms with van der Waals surface area (Å²) in [5.41, 5.74) is 1.90. The highest BCUT2D eigenvalue weighted by atomic mass is 16.3. The van der Waals surface area contributed by atoms with Crippen LogP contribution in [-0.2, 0) is 0 Å². The lowest BCUT2D eigenvalue weighted by atomic mass is 9.62. The van der Waals surface area contributed by atoms with Crippen molar-refractivity contribution in [3.8, 4) is 0 Å². The fourth-order valence-electron chi connectivity index (χ4n) is 4.94. The van der Waals surface area contributed by atoms with Gasteiger partial charge in [0.1, 0.15) is 0 Å². The molecule has 2 aromatic rings. The highest BCUT2D eigenvalue weighted by molar-refractivity contribution is 5.28.